The van der Waals surface area contributed by atoms with Crippen LogP contribution in [0, 0.1) is 0 Å². The van der Waals surface area contributed by atoms with Crippen LogP contribution in [-0.4, -0.2) is 22.0 Å². The molecule has 0 bridgehead atoms. The monoisotopic (exact) mass is 317 g/mol. The number of hydrogen-bond acceptors (Lipinski definition) is 2. The van der Waals surface area contributed by atoms with Gasteiger partial charge in [0.15, 0.2) is 0 Å². The first kappa shape index (κ1) is 16.3. The Morgan fingerprint density at radius 3 is 2.59 bits per heavy atom. The number of rotatable bonds is 5. The Bertz CT molecular complexity index is 616. The van der Waals surface area contributed by atoms with Crippen LogP contribution < -0.4 is 5.32 Å². The Balaban J connectivity index is 1.99. The SMILES string of the molecule is CC(C)N(Cc1cccc(Cl)c1)C(=O)NCc1ccncc1. The van der Waals surface area contributed by atoms with Gasteiger partial charge in [0.05, 0.1) is 0 Å². The summed E-state index contributed by atoms with van der Waals surface area (Å²) in [6.07, 6.45) is 3.43. The molecule has 2 rings (SSSR count). The fourth-order valence-electron chi connectivity index (χ4n) is 2.10. The summed E-state index contributed by atoms with van der Waals surface area (Å²) < 4.78 is 0. The van der Waals surface area contributed by atoms with Crippen molar-refractivity contribution < 1.29 is 4.79 Å². The number of pyridine rings is 1. The molecule has 1 aromatic heterocycles. The average molecular weight is 318 g/mol. The van der Waals surface area contributed by atoms with Gasteiger partial charge in [0.25, 0.3) is 0 Å². The van der Waals surface area contributed by atoms with Crippen molar-refractivity contribution in [1.82, 2.24) is 15.2 Å². The number of halogens is 1. The Labute approximate surface area is 136 Å². The maximum atomic E-state index is 12.4. The first-order valence-corrected chi connectivity index (χ1v) is 7.62. The van der Waals surface area contributed by atoms with Crippen molar-refractivity contribution in [2.45, 2.75) is 33.0 Å². The third-order valence-electron chi connectivity index (χ3n) is 3.32. The molecule has 5 heteroatoms. The van der Waals surface area contributed by atoms with Gasteiger partial charge in [-0.05, 0) is 49.2 Å². The summed E-state index contributed by atoms with van der Waals surface area (Å²) >= 11 is 6.00. The maximum absolute atomic E-state index is 12.4. The van der Waals surface area contributed by atoms with E-state index in [1.165, 1.54) is 0 Å². The van der Waals surface area contributed by atoms with E-state index in [1.54, 1.807) is 17.3 Å². The molecule has 116 valence electrons. The zero-order valence-corrected chi connectivity index (χ0v) is 13.5. The zero-order valence-electron chi connectivity index (χ0n) is 12.8. The molecule has 0 aliphatic carbocycles. The molecule has 4 nitrogen and oxygen atoms in total. The Hall–Kier alpha value is -2.07. The fourth-order valence-corrected chi connectivity index (χ4v) is 2.31. The van der Waals surface area contributed by atoms with Crippen LogP contribution in [-0.2, 0) is 13.1 Å². The minimum absolute atomic E-state index is 0.0909. The highest BCUT2D eigenvalue weighted by molar-refractivity contribution is 6.30. The van der Waals surface area contributed by atoms with Gasteiger partial charge in [0.1, 0.15) is 0 Å². The third kappa shape index (κ3) is 4.74. The fraction of sp³-hybridized carbons (Fsp3) is 0.294. The zero-order chi connectivity index (χ0) is 15.9. The van der Waals surface area contributed by atoms with E-state index in [-0.39, 0.29) is 12.1 Å². The number of benzene rings is 1. The molecule has 1 aromatic carbocycles. The van der Waals surface area contributed by atoms with Gasteiger partial charge < -0.3 is 10.2 Å². The number of carbonyl (C=O) groups is 1. The lowest BCUT2D eigenvalue weighted by molar-refractivity contribution is 0.179. The van der Waals surface area contributed by atoms with Crippen LogP contribution in [0.15, 0.2) is 48.8 Å². The van der Waals surface area contributed by atoms with E-state index in [2.05, 4.69) is 10.3 Å². The van der Waals surface area contributed by atoms with Crippen LogP contribution in [0.5, 0.6) is 0 Å². The van der Waals surface area contributed by atoms with E-state index in [4.69, 9.17) is 11.6 Å². The lowest BCUT2D eigenvalue weighted by Crippen LogP contribution is -2.43. The van der Waals surface area contributed by atoms with Crippen LogP contribution in [0.25, 0.3) is 0 Å². The second-order valence-electron chi connectivity index (χ2n) is 5.37. The summed E-state index contributed by atoms with van der Waals surface area (Å²) in [5.74, 6) is 0. The molecule has 0 spiro atoms. The van der Waals surface area contributed by atoms with Gasteiger partial charge >= 0.3 is 6.03 Å². The van der Waals surface area contributed by atoms with Crippen molar-refractivity contribution in [3.05, 3.63) is 64.9 Å². The van der Waals surface area contributed by atoms with Gasteiger partial charge in [-0.15, -0.1) is 0 Å². The van der Waals surface area contributed by atoms with E-state index in [0.717, 1.165) is 11.1 Å². The number of hydrogen-bond donors (Lipinski definition) is 1. The van der Waals surface area contributed by atoms with Gasteiger partial charge in [0.2, 0.25) is 0 Å². The highest BCUT2D eigenvalue weighted by atomic mass is 35.5. The highest BCUT2D eigenvalue weighted by Gasteiger charge is 2.17. The van der Waals surface area contributed by atoms with Crippen LogP contribution >= 0.6 is 11.6 Å². The predicted octanol–water partition coefficient (Wildman–Crippen LogP) is 3.86. The molecule has 0 aliphatic rings. The summed E-state index contributed by atoms with van der Waals surface area (Å²) in [5.41, 5.74) is 2.04. The molecule has 0 unspecified atom stereocenters. The van der Waals surface area contributed by atoms with E-state index in [9.17, 15) is 4.79 Å². The second kappa shape index (κ2) is 7.80. The van der Waals surface area contributed by atoms with E-state index >= 15 is 0 Å². The molecule has 22 heavy (non-hydrogen) atoms. The molecular formula is C17H20ClN3O. The Morgan fingerprint density at radius 2 is 1.95 bits per heavy atom. The Morgan fingerprint density at radius 1 is 1.23 bits per heavy atom. The largest absolute Gasteiger partial charge is 0.334 e. The molecule has 2 amide bonds. The van der Waals surface area contributed by atoms with Gasteiger partial charge in [0, 0.05) is 36.5 Å². The van der Waals surface area contributed by atoms with Crippen LogP contribution in [0.3, 0.4) is 0 Å². The van der Waals surface area contributed by atoms with E-state index in [0.29, 0.717) is 18.1 Å². The van der Waals surface area contributed by atoms with Crippen molar-refractivity contribution >= 4 is 17.6 Å². The summed E-state index contributed by atoms with van der Waals surface area (Å²) in [5, 5.41) is 3.62. The number of aromatic nitrogens is 1. The van der Waals surface area contributed by atoms with Crippen molar-refractivity contribution in [2.75, 3.05) is 0 Å². The number of nitrogens with zero attached hydrogens (tertiary/aromatic N) is 2. The normalized spacial score (nSPS) is 10.5. The van der Waals surface area contributed by atoms with Crippen LogP contribution in [0.2, 0.25) is 5.02 Å². The smallest absolute Gasteiger partial charge is 0.318 e. The van der Waals surface area contributed by atoms with Gasteiger partial charge in [-0.25, -0.2) is 4.79 Å². The van der Waals surface area contributed by atoms with E-state index in [1.807, 2.05) is 50.2 Å². The topological polar surface area (TPSA) is 45.2 Å². The van der Waals surface area contributed by atoms with Gasteiger partial charge in [-0.2, -0.15) is 0 Å². The summed E-state index contributed by atoms with van der Waals surface area (Å²) in [4.78, 5) is 18.2. The van der Waals surface area contributed by atoms with Crippen molar-refractivity contribution in [3.8, 4) is 0 Å². The average Bonchev–Trinajstić information content (AvgIpc) is 2.51. The lowest BCUT2D eigenvalue weighted by atomic mass is 10.2. The number of amides is 2. The van der Waals surface area contributed by atoms with Crippen molar-refractivity contribution in [1.29, 1.82) is 0 Å². The van der Waals surface area contributed by atoms with Gasteiger partial charge in [-0.3, -0.25) is 4.98 Å². The maximum Gasteiger partial charge on any atom is 0.318 e. The summed E-state index contributed by atoms with van der Waals surface area (Å²) in [6.45, 7) is 5.01. The molecule has 0 saturated carbocycles. The first-order valence-electron chi connectivity index (χ1n) is 7.24. The third-order valence-corrected chi connectivity index (χ3v) is 3.55. The molecule has 1 N–H and O–H groups in total. The van der Waals surface area contributed by atoms with E-state index < -0.39 is 0 Å². The van der Waals surface area contributed by atoms with Gasteiger partial charge in [-0.1, -0.05) is 23.7 Å². The molecule has 0 radical (unpaired) electrons. The lowest BCUT2D eigenvalue weighted by Gasteiger charge is -2.27. The second-order valence-corrected chi connectivity index (χ2v) is 5.80. The minimum atomic E-state index is -0.0909. The molecular weight excluding hydrogens is 298 g/mol. The molecule has 0 saturated heterocycles. The molecule has 0 fully saturated rings. The standard InChI is InChI=1S/C17H20ClN3O/c1-13(2)21(12-15-4-3-5-16(18)10-15)17(22)20-11-14-6-8-19-9-7-14/h3-10,13H,11-12H2,1-2H3,(H,20,22). The van der Waals surface area contributed by atoms with Crippen LogP contribution in [0.4, 0.5) is 4.79 Å². The molecule has 0 aliphatic heterocycles. The van der Waals surface area contributed by atoms with Crippen LogP contribution in [0.1, 0.15) is 25.0 Å². The van der Waals surface area contributed by atoms with Crippen molar-refractivity contribution in [2.24, 2.45) is 0 Å². The Kier molecular flexibility index (Phi) is 5.78. The predicted molar refractivity (Wildman–Crippen MR) is 88.6 cm³/mol. The number of nitrogens with one attached hydrogen (secondary N) is 1. The molecule has 2 aromatic rings. The highest BCUT2D eigenvalue weighted by Crippen LogP contribution is 2.14. The quantitative estimate of drug-likeness (QED) is 0.910. The van der Waals surface area contributed by atoms with Crippen molar-refractivity contribution in [3.63, 3.8) is 0 Å². The summed E-state index contributed by atoms with van der Waals surface area (Å²) in [7, 11) is 0. The molecule has 0 atom stereocenters. The minimum Gasteiger partial charge on any atom is -0.334 e. The number of urea groups is 1. The first-order chi connectivity index (χ1) is 10.6. The summed E-state index contributed by atoms with van der Waals surface area (Å²) in [6, 6.07) is 11.3. The number of carbonyl (C=O) groups excluding carboxylic acids is 1. The molecule has 1 heterocycles.